The molecule has 0 aliphatic heterocycles. The normalized spacial score (nSPS) is 45.1. The molecule has 4 aliphatic rings. The number of fused-ring (bicyclic) bond motifs is 6. The third kappa shape index (κ3) is 3.73. The van der Waals surface area contributed by atoms with Crippen molar-refractivity contribution in [1.29, 1.82) is 0 Å². The fraction of sp³-hybridized carbons (Fsp3) is 0.767. The van der Waals surface area contributed by atoms with Crippen LogP contribution in [0.5, 0.6) is 0 Å². The molecule has 4 aliphatic carbocycles. The third-order valence-corrected chi connectivity index (χ3v) is 11.8. The maximum absolute atomic E-state index is 11.8. The maximum Gasteiger partial charge on any atom is 0.128 e. The molecule has 36 heavy (non-hydrogen) atoms. The predicted octanol–water partition coefficient (Wildman–Crippen LogP) is 4.55. The fourth-order valence-electron chi connectivity index (χ4n) is 9.72. The van der Waals surface area contributed by atoms with Gasteiger partial charge in [-0.3, -0.25) is 4.98 Å². The Morgan fingerprint density at radius 3 is 2.69 bits per heavy atom. The van der Waals surface area contributed by atoms with E-state index in [1.165, 1.54) is 0 Å². The summed E-state index contributed by atoms with van der Waals surface area (Å²) < 4.78 is 0. The molecule has 0 spiro atoms. The van der Waals surface area contributed by atoms with Crippen LogP contribution < -0.4 is 0 Å². The monoisotopic (exact) mass is 493 g/mol. The van der Waals surface area contributed by atoms with E-state index in [2.05, 4.69) is 30.7 Å². The van der Waals surface area contributed by atoms with Crippen molar-refractivity contribution < 1.29 is 15.3 Å². The average molecular weight is 494 g/mol. The molecule has 4 fully saturated rings. The Labute approximate surface area is 215 Å². The molecule has 2 aromatic heterocycles. The number of aromatic nitrogens is 3. The van der Waals surface area contributed by atoms with Crippen LogP contribution in [0.2, 0.25) is 0 Å². The summed E-state index contributed by atoms with van der Waals surface area (Å²) in [5, 5.41) is 34.5. The van der Waals surface area contributed by atoms with Gasteiger partial charge in [-0.1, -0.05) is 20.8 Å². The molecule has 4 saturated carbocycles. The van der Waals surface area contributed by atoms with Gasteiger partial charge in [0.05, 0.1) is 23.8 Å². The molecule has 6 rings (SSSR count). The molecule has 0 radical (unpaired) electrons. The average Bonchev–Trinajstić information content (AvgIpc) is 3.22. The van der Waals surface area contributed by atoms with Crippen molar-refractivity contribution in [3.8, 4) is 0 Å². The quantitative estimate of drug-likeness (QED) is 0.578. The maximum atomic E-state index is 11.8. The first-order valence-electron chi connectivity index (χ1n) is 14.3. The van der Waals surface area contributed by atoms with Crippen molar-refractivity contribution in [2.24, 2.45) is 46.3 Å². The molecule has 3 N–H and O–H groups in total. The summed E-state index contributed by atoms with van der Waals surface area (Å²) in [4.78, 5) is 13.5. The molecule has 0 bridgehead atoms. The highest BCUT2D eigenvalue weighted by Gasteiger charge is 2.65. The van der Waals surface area contributed by atoms with E-state index in [1.54, 1.807) is 12.4 Å². The number of rotatable bonds is 4. The summed E-state index contributed by atoms with van der Waals surface area (Å²) in [6.45, 7) is 7.08. The van der Waals surface area contributed by atoms with Gasteiger partial charge in [0.1, 0.15) is 5.82 Å². The highest BCUT2D eigenvalue weighted by atomic mass is 16.3. The van der Waals surface area contributed by atoms with E-state index in [4.69, 9.17) is 4.98 Å². The minimum atomic E-state index is -0.335. The second-order valence-corrected chi connectivity index (χ2v) is 13.3. The molecular weight excluding hydrogens is 450 g/mol. The smallest absolute Gasteiger partial charge is 0.128 e. The van der Waals surface area contributed by atoms with Crippen LogP contribution in [0.3, 0.4) is 0 Å². The number of hydrogen-bond acceptors (Lipinski definition) is 6. The number of aliphatic hydroxyl groups excluding tert-OH is 3. The zero-order valence-electron chi connectivity index (χ0n) is 22.1. The molecule has 1 unspecified atom stereocenters. The van der Waals surface area contributed by atoms with Gasteiger partial charge in [0.2, 0.25) is 0 Å². The summed E-state index contributed by atoms with van der Waals surface area (Å²) in [6, 6.07) is 1.94. The van der Waals surface area contributed by atoms with E-state index in [9.17, 15) is 15.3 Å². The van der Waals surface area contributed by atoms with Crippen LogP contribution >= 0.6 is 0 Å². The van der Waals surface area contributed by atoms with Crippen molar-refractivity contribution in [2.45, 2.75) is 96.9 Å². The Morgan fingerprint density at radius 1 is 1.03 bits per heavy atom. The molecule has 6 nitrogen and oxygen atoms in total. The molecule has 0 amide bonds. The molecule has 2 aromatic rings. The lowest BCUT2D eigenvalue weighted by molar-refractivity contribution is -0.207. The van der Waals surface area contributed by atoms with E-state index in [0.717, 1.165) is 74.5 Å². The van der Waals surface area contributed by atoms with Crippen LogP contribution in [0, 0.1) is 46.3 Å². The molecule has 6 heteroatoms. The van der Waals surface area contributed by atoms with Gasteiger partial charge in [0.25, 0.3) is 0 Å². The molecular formula is C30H43N3O3. The Bertz CT molecular complexity index is 1110. The second kappa shape index (κ2) is 8.99. The lowest BCUT2D eigenvalue weighted by Gasteiger charge is -2.63. The van der Waals surface area contributed by atoms with Crippen LogP contribution in [0.4, 0.5) is 0 Å². The van der Waals surface area contributed by atoms with E-state index in [-0.39, 0.29) is 35.1 Å². The molecule has 11 atom stereocenters. The fourth-order valence-corrected chi connectivity index (χ4v) is 9.72. The molecule has 0 aromatic carbocycles. The van der Waals surface area contributed by atoms with E-state index >= 15 is 0 Å². The number of pyridine rings is 1. The summed E-state index contributed by atoms with van der Waals surface area (Å²) in [6.07, 6.45) is 12.9. The van der Waals surface area contributed by atoms with Gasteiger partial charge in [-0.25, -0.2) is 9.97 Å². The lowest BCUT2D eigenvalue weighted by atomic mass is 9.43. The van der Waals surface area contributed by atoms with Crippen LogP contribution in [0.15, 0.2) is 24.7 Å². The van der Waals surface area contributed by atoms with Gasteiger partial charge in [0.15, 0.2) is 0 Å². The van der Waals surface area contributed by atoms with Crippen LogP contribution in [-0.2, 0) is 6.42 Å². The van der Waals surface area contributed by atoms with Gasteiger partial charge in [-0.15, -0.1) is 0 Å². The molecule has 0 saturated heterocycles. The van der Waals surface area contributed by atoms with Gasteiger partial charge in [-0.2, -0.15) is 0 Å². The topological polar surface area (TPSA) is 99.4 Å². The van der Waals surface area contributed by atoms with Crippen molar-refractivity contribution in [1.82, 2.24) is 15.0 Å². The van der Waals surface area contributed by atoms with Crippen molar-refractivity contribution in [3.05, 3.63) is 30.5 Å². The first-order valence-corrected chi connectivity index (χ1v) is 14.3. The summed E-state index contributed by atoms with van der Waals surface area (Å²) in [7, 11) is 0. The zero-order valence-corrected chi connectivity index (χ0v) is 22.1. The van der Waals surface area contributed by atoms with Gasteiger partial charge < -0.3 is 15.3 Å². The van der Waals surface area contributed by atoms with Crippen molar-refractivity contribution in [2.75, 3.05) is 0 Å². The molecule has 196 valence electrons. The minimum Gasteiger partial charge on any atom is -0.393 e. The summed E-state index contributed by atoms with van der Waals surface area (Å²) in [5.41, 5.74) is 0.907. The SMILES string of the molecule is C[C@H](CCc1ncc2cnccc2n1)[C@H]1CC[C@H]2[C@H]3C(C[C@H](O)[C@]12C)[C@@]1(C)CC[C@@H](O)C[C@H]1C[C@H]3O. The van der Waals surface area contributed by atoms with Crippen LogP contribution in [0.25, 0.3) is 10.9 Å². The second-order valence-electron chi connectivity index (χ2n) is 13.3. The van der Waals surface area contributed by atoms with Gasteiger partial charge in [-0.05, 0) is 104 Å². The van der Waals surface area contributed by atoms with Gasteiger partial charge >= 0.3 is 0 Å². The van der Waals surface area contributed by atoms with E-state index < -0.39 is 0 Å². The van der Waals surface area contributed by atoms with E-state index in [1.807, 2.05) is 12.3 Å². The highest BCUT2D eigenvalue weighted by Crippen LogP contribution is 2.68. The Morgan fingerprint density at radius 2 is 1.86 bits per heavy atom. The number of hydrogen-bond donors (Lipinski definition) is 3. The minimum absolute atomic E-state index is 0.123. The molecule has 2 heterocycles. The highest BCUT2D eigenvalue weighted by molar-refractivity contribution is 5.75. The number of aliphatic hydroxyl groups is 3. The number of aryl methyl sites for hydroxylation is 1. The van der Waals surface area contributed by atoms with Crippen molar-refractivity contribution in [3.63, 3.8) is 0 Å². The zero-order chi connectivity index (χ0) is 25.2. The lowest BCUT2D eigenvalue weighted by Crippen LogP contribution is -2.62. The largest absolute Gasteiger partial charge is 0.393 e. The first-order chi connectivity index (χ1) is 17.2. The van der Waals surface area contributed by atoms with Crippen molar-refractivity contribution >= 4 is 10.9 Å². The van der Waals surface area contributed by atoms with E-state index in [0.29, 0.717) is 29.6 Å². The number of nitrogens with zero attached hydrogens (tertiary/aromatic N) is 3. The Hall–Kier alpha value is -1.63. The van der Waals surface area contributed by atoms with Gasteiger partial charge in [0, 0.05) is 30.4 Å². The first kappa shape index (κ1) is 24.7. The van der Waals surface area contributed by atoms with Crippen LogP contribution in [-0.4, -0.2) is 48.6 Å². The summed E-state index contributed by atoms with van der Waals surface area (Å²) >= 11 is 0. The standard InChI is InChI=1S/C30H43N3O3/c1-17(4-7-27-32-16-18-15-31-11-9-24(18)33-27)21-5-6-22-28-23(14-26(36)30(21,22)3)29(2)10-8-20(34)12-19(29)13-25(28)35/h9,11,15-17,19-23,25-26,28,34-36H,4-8,10,12-14H2,1-3H3/t17-,19+,20-,21-,22+,23?,25-,26+,28+,29+,30-/m1/s1. The Balaban J connectivity index is 1.20. The predicted molar refractivity (Wildman–Crippen MR) is 139 cm³/mol. The third-order valence-electron chi connectivity index (χ3n) is 11.8. The van der Waals surface area contributed by atoms with Crippen LogP contribution in [0.1, 0.15) is 78.0 Å². The Kier molecular flexibility index (Phi) is 6.17. The summed E-state index contributed by atoms with van der Waals surface area (Å²) in [5.74, 6) is 3.12.